The van der Waals surface area contributed by atoms with Crippen molar-refractivity contribution in [3.63, 3.8) is 0 Å². The lowest BCUT2D eigenvalue weighted by Crippen LogP contribution is -2.45. The quantitative estimate of drug-likeness (QED) is 0.818. The van der Waals surface area contributed by atoms with Gasteiger partial charge in [-0.3, -0.25) is 9.59 Å². The molecule has 0 spiro atoms. The number of carbonyl (C=O) groups excluding carboxylic acids is 2. The Morgan fingerprint density at radius 3 is 2.70 bits per heavy atom. The van der Waals surface area contributed by atoms with Gasteiger partial charge < -0.3 is 15.6 Å². The first-order valence-electron chi connectivity index (χ1n) is 7.21. The minimum Gasteiger partial charge on any atom is -0.348 e. The van der Waals surface area contributed by atoms with Gasteiger partial charge in [0.1, 0.15) is 5.69 Å². The summed E-state index contributed by atoms with van der Waals surface area (Å²) in [5.41, 5.74) is 6.87. The second kappa shape index (κ2) is 6.22. The van der Waals surface area contributed by atoms with Gasteiger partial charge in [-0.1, -0.05) is 12.8 Å². The molecule has 2 unspecified atom stereocenters. The van der Waals surface area contributed by atoms with Gasteiger partial charge in [0, 0.05) is 24.8 Å². The molecule has 0 radical (unpaired) electrons. The van der Waals surface area contributed by atoms with E-state index in [1.54, 1.807) is 23.9 Å². The molecule has 5 nitrogen and oxygen atoms in total. The van der Waals surface area contributed by atoms with Crippen LogP contribution in [0.2, 0.25) is 0 Å². The van der Waals surface area contributed by atoms with Gasteiger partial charge in [-0.2, -0.15) is 0 Å². The van der Waals surface area contributed by atoms with Gasteiger partial charge in [-0.05, 0) is 38.3 Å². The molecule has 1 aromatic rings. The van der Waals surface area contributed by atoms with Crippen molar-refractivity contribution < 1.29 is 9.59 Å². The maximum atomic E-state index is 12.3. The zero-order valence-corrected chi connectivity index (χ0v) is 12.2. The molecule has 3 N–H and O–H groups in total. The lowest BCUT2D eigenvalue weighted by molar-refractivity contribution is 0.0899. The van der Waals surface area contributed by atoms with Crippen molar-refractivity contribution in [1.82, 2.24) is 9.88 Å². The van der Waals surface area contributed by atoms with Crippen LogP contribution in [0.15, 0.2) is 12.3 Å². The summed E-state index contributed by atoms with van der Waals surface area (Å²) in [5, 5.41) is 3.08. The molecule has 5 heteroatoms. The lowest BCUT2D eigenvalue weighted by Gasteiger charge is -2.31. The monoisotopic (exact) mass is 277 g/mol. The summed E-state index contributed by atoms with van der Waals surface area (Å²) in [6.45, 7) is 2.11. The smallest absolute Gasteiger partial charge is 0.268 e. The Balaban J connectivity index is 2.09. The zero-order chi connectivity index (χ0) is 14.7. The molecule has 110 valence electrons. The number of Topliss-reactive ketones (excluding diaryl/α,β-unsaturated/α-hetero) is 1. The fourth-order valence-corrected chi connectivity index (χ4v) is 2.90. The van der Waals surface area contributed by atoms with Crippen LogP contribution in [0.4, 0.5) is 0 Å². The largest absolute Gasteiger partial charge is 0.348 e. The SMILES string of the molecule is CC(=O)c1cc(C(=O)NC2CCCCC2CN)n(C)c1. The highest BCUT2D eigenvalue weighted by Crippen LogP contribution is 2.24. The van der Waals surface area contributed by atoms with E-state index in [9.17, 15) is 9.59 Å². The van der Waals surface area contributed by atoms with Gasteiger partial charge in [0.15, 0.2) is 5.78 Å². The van der Waals surface area contributed by atoms with Gasteiger partial charge in [0.2, 0.25) is 0 Å². The van der Waals surface area contributed by atoms with Gasteiger partial charge in [0.05, 0.1) is 0 Å². The lowest BCUT2D eigenvalue weighted by atomic mass is 9.84. The van der Waals surface area contributed by atoms with Gasteiger partial charge in [-0.15, -0.1) is 0 Å². The maximum absolute atomic E-state index is 12.3. The maximum Gasteiger partial charge on any atom is 0.268 e. The first kappa shape index (κ1) is 14.8. The average molecular weight is 277 g/mol. The fraction of sp³-hybridized carbons (Fsp3) is 0.600. The highest BCUT2D eigenvalue weighted by Gasteiger charge is 2.26. The van der Waals surface area contributed by atoms with Crippen molar-refractivity contribution >= 4 is 11.7 Å². The van der Waals surface area contributed by atoms with Crippen LogP contribution in [-0.4, -0.2) is 28.8 Å². The fourth-order valence-electron chi connectivity index (χ4n) is 2.90. The third-order valence-electron chi connectivity index (χ3n) is 4.17. The Kier molecular flexibility index (Phi) is 4.60. The van der Waals surface area contributed by atoms with E-state index >= 15 is 0 Å². The molecule has 0 bridgehead atoms. The van der Waals surface area contributed by atoms with Crippen LogP contribution in [0.1, 0.15) is 53.5 Å². The summed E-state index contributed by atoms with van der Waals surface area (Å²) in [4.78, 5) is 23.7. The second-order valence-corrected chi connectivity index (χ2v) is 5.64. The van der Waals surface area contributed by atoms with Crippen LogP contribution in [0, 0.1) is 5.92 Å². The van der Waals surface area contributed by atoms with E-state index in [0.29, 0.717) is 23.7 Å². The molecule has 1 heterocycles. The topological polar surface area (TPSA) is 77.1 Å². The first-order valence-corrected chi connectivity index (χ1v) is 7.21. The third kappa shape index (κ3) is 3.10. The molecular formula is C15H23N3O2. The molecule has 1 saturated carbocycles. The van der Waals surface area contributed by atoms with Crippen molar-refractivity contribution in [2.45, 2.75) is 38.6 Å². The number of hydrogen-bond acceptors (Lipinski definition) is 3. The summed E-state index contributed by atoms with van der Waals surface area (Å²) in [7, 11) is 1.78. The summed E-state index contributed by atoms with van der Waals surface area (Å²) >= 11 is 0. The van der Waals surface area contributed by atoms with Crippen LogP contribution in [0.25, 0.3) is 0 Å². The Morgan fingerprint density at radius 1 is 1.40 bits per heavy atom. The number of rotatable bonds is 4. The molecule has 0 aromatic carbocycles. The number of amides is 1. The second-order valence-electron chi connectivity index (χ2n) is 5.64. The average Bonchev–Trinajstić information content (AvgIpc) is 2.82. The highest BCUT2D eigenvalue weighted by atomic mass is 16.2. The molecule has 2 rings (SSSR count). The Bertz CT molecular complexity index is 507. The normalized spacial score (nSPS) is 22.6. The van der Waals surface area contributed by atoms with Crippen LogP contribution < -0.4 is 11.1 Å². The summed E-state index contributed by atoms with van der Waals surface area (Å²) in [6, 6.07) is 1.80. The number of nitrogens with zero attached hydrogens (tertiary/aromatic N) is 1. The number of nitrogens with two attached hydrogens (primary N) is 1. The van der Waals surface area contributed by atoms with Crippen LogP contribution in [-0.2, 0) is 7.05 Å². The van der Waals surface area contributed by atoms with Crippen LogP contribution >= 0.6 is 0 Å². The van der Waals surface area contributed by atoms with Crippen molar-refractivity contribution in [3.05, 3.63) is 23.5 Å². The van der Waals surface area contributed by atoms with Crippen LogP contribution in [0.3, 0.4) is 0 Å². The molecule has 0 aliphatic heterocycles. The number of aryl methyl sites for hydroxylation is 1. The molecule has 1 aliphatic rings. The zero-order valence-electron chi connectivity index (χ0n) is 12.2. The van der Waals surface area contributed by atoms with Crippen molar-refractivity contribution in [1.29, 1.82) is 0 Å². The van der Waals surface area contributed by atoms with E-state index in [0.717, 1.165) is 19.3 Å². The van der Waals surface area contributed by atoms with Gasteiger partial charge in [0.25, 0.3) is 5.91 Å². The summed E-state index contributed by atoms with van der Waals surface area (Å²) < 4.78 is 1.70. The number of nitrogens with one attached hydrogen (secondary N) is 1. The minimum absolute atomic E-state index is 0.0304. The molecule has 2 atom stereocenters. The number of ketones is 1. The predicted molar refractivity (Wildman–Crippen MR) is 77.7 cm³/mol. The van der Waals surface area contributed by atoms with E-state index < -0.39 is 0 Å². The van der Waals surface area contributed by atoms with E-state index in [1.807, 2.05) is 0 Å². The van der Waals surface area contributed by atoms with E-state index in [-0.39, 0.29) is 17.7 Å². The summed E-state index contributed by atoms with van der Waals surface area (Å²) in [5.74, 6) is 0.211. The molecule has 1 fully saturated rings. The molecule has 1 aliphatic carbocycles. The van der Waals surface area contributed by atoms with E-state index in [2.05, 4.69) is 5.32 Å². The van der Waals surface area contributed by atoms with Crippen molar-refractivity contribution in [2.24, 2.45) is 18.7 Å². The number of carbonyl (C=O) groups is 2. The standard InChI is InChI=1S/C15H23N3O2/c1-10(19)12-7-14(18(2)9-12)15(20)17-13-6-4-3-5-11(13)8-16/h7,9,11,13H,3-6,8,16H2,1-2H3,(H,17,20). The number of hydrogen-bond donors (Lipinski definition) is 2. The van der Waals surface area contributed by atoms with Gasteiger partial charge >= 0.3 is 0 Å². The third-order valence-corrected chi connectivity index (χ3v) is 4.17. The Labute approximate surface area is 119 Å². The Hall–Kier alpha value is -1.62. The highest BCUT2D eigenvalue weighted by molar-refractivity contribution is 5.99. The molecule has 20 heavy (non-hydrogen) atoms. The van der Waals surface area contributed by atoms with Crippen molar-refractivity contribution in [2.75, 3.05) is 6.54 Å². The predicted octanol–water partition coefficient (Wildman–Crippen LogP) is 1.47. The first-order chi connectivity index (χ1) is 9.52. The Morgan fingerprint density at radius 2 is 2.10 bits per heavy atom. The molecular weight excluding hydrogens is 254 g/mol. The van der Waals surface area contributed by atoms with Gasteiger partial charge in [-0.25, -0.2) is 0 Å². The van der Waals surface area contributed by atoms with E-state index in [4.69, 9.17) is 5.73 Å². The molecule has 1 amide bonds. The minimum atomic E-state index is -0.120. The summed E-state index contributed by atoms with van der Waals surface area (Å²) in [6.07, 6.45) is 6.07. The van der Waals surface area contributed by atoms with Crippen molar-refractivity contribution in [3.8, 4) is 0 Å². The van der Waals surface area contributed by atoms with E-state index in [1.165, 1.54) is 13.3 Å². The molecule has 1 aromatic heterocycles. The van der Waals surface area contributed by atoms with Crippen LogP contribution in [0.5, 0.6) is 0 Å². The molecule has 0 saturated heterocycles. The number of aromatic nitrogens is 1.